The van der Waals surface area contributed by atoms with Gasteiger partial charge in [-0.15, -0.1) is 0 Å². The molecule has 1 saturated carbocycles. The van der Waals surface area contributed by atoms with E-state index in [-0.39, 0.29) is 12.5 Å². The Morgan fingerprint density at radius 3 is 2.75 bits per heavy atom. The van der Waals surface area contributed by atoms with E-state index in [1.165, 1.54) is 0 Å². The second-order valence-electron chi connectivity index (χ2n) is 4.65. The van der Waals surface area contributed by atoms with Crippen molar-refractivity contribution in [2.24, 2.45) is 16.6 Å². The number of amides is 1. The number of hydrogen-bond acceptors (Lipinski definition) is 2. The first-order chi connectivity index (χ1) is 7.58. The molecule has 0 aromatic rings. The molecular formula is C11H22N4O. The summed E-state index contributed by atoms with van der Waals surface area (Å²) >= 11 is 0. The van der Waals surface area contributed by atoms with E-state index in [0.29, 0.717) is 17.9 Å². The zero-order chi connectivity index (χ0) is 12.0. The highest BCUT2D eigenvalue weighted by molar-refractivity contribution is 5.84. The van der Waals surface area contributed by atoms with Crippen LogP contribution in [0.2, 0.25) is 0 Å². The summed E-state index contributed by atoms with van der Waals surface area (Å²) in [7, 11) is 0. The molecule has 0 radical (unpaired) electrons. The van der Waals surface area contributed by atoms with Crippen LogP contribution >= 0.6 is 0 Å². The van der Waals surface area contributed by atoms with E-state index < -0.39 is 0 Å². The Hall–Kier alpha value is -1.26. The van der Waals surface area contributed by atoms with Gasteiger partial charge in [-0.25, -0.2) is 4.99 Å². The minimum Gasteiger partial charge on any atom is -0.370 e. The molecule has 0 aromatic heterocycles. The standard InChI is InChI=1S/C11H22N4O/c1-8(2)5-6-13-11(12)14-7-10(16)15-9-3-4-9/h8-9H,3-7H2,1-2H3,(H,15,16)(H3,12,13,14). The lowest BCUT2D eigenvalue weighted by Gasteiger charge is -2.07. The fourth-order valence-electron chi connectivity index (χ4n) is 1.20. The number of aliphatic imine (C=N–C) groups is 1. The Bertz CT molecular complexity index is 259. The lowest BCUT2D eigenvalue weighted by Crippen LogP contribution is -2.35. The topological polar surface area (TPSA) is 79.5 Å². The molecule has 1 aliphatic carbocycles. The summed E-state index contributed by atoms with van der Waals surface area (Å²) in [4.78, 5) is 15.3. The van der Waals surface area contributed by atoms with E-state index in [1.54, 1.807) is 0 Å². The lowest BCUT2D eigenvalue weighted by molar-refractivity contribution is -0.119. The zero-order valence-electron chi connectivity index (χ0n) is 10.1. The summed E-state index contributed by atoms with van der Waals surface area (Å²) in [6.45, 7) is 5.23. The van der Waals surface area contributed by atoms with Crippen LogP contribution in [0.3, 0.4) is 0 Å². The number of nitrogens with two attached hydrogens (primary N) is 1. The number of rotatable bonds is 6. The molecule has 5 nitrogen and oxygen atoms in total. The van der Waals surface area contributed by atoms with Gasteiger partial charge in [0.05, 0.1) is 0 Å². The maximum atomic E-state index is 11.3. The van der Waals surface area contributed by atoms with Crippen LogP contribution in [0.25, 0.3) is 0 Å². The summed E-state index contributed by atoms with van der Waals surface area (Å²) in [6.07, 6.45) is 3.24. The molecule has 0 spiro atoms. The molecule has 0 heterocycles. The third-order valence-electron chi connectivity index (χ3n) is 2.36. The summed E-state index contributed by atoms with van der Waals surface area (Å²) < 4.78 is 0. The highest BCUT2D eigenvalue weighted by Gasteiger charge is 2.22. The van der Waals surface area contributed by atoms with Gasteiger partial charge in [-0.1, -0.05) is 13.8 Å². The molecular weight excluding hydrogens is 204 g/mol. The average Bonchev–Trinajstić information content (AvgIpc) is 2.98. The van der Waals surface area contributed by atoms with Crippen molar-refractivity contribution in [2.75, 3.05) is 13.1 Å². The van der Waals surface area contributed by atoms with Crippen LogP contribution in [-0.4, -0.2) is 31.0 Å². The summed E-state index contributed by atoms with van der Waals surface area (Å²) in [5.41, 5.74) is 5.61. The second kappa shape index (κ2) is 6.35. The van der Waals surface area contributed by atoms with Crippen molar-refractivity contribution in [3.8, 4) is 0 Å². The van der Waals surface area contributed by atoms with Gasteiger partial charge < -0.3 is 16.4 Å². The van der Waals surface area contributed by atoms with Crippen molar-refractivity contribution in [3.63, 3.8) is 0 Å². The first-order valence-electron chi connectivity index (χ1n) is 5.91. The fourth-order valence-corrected chi connectivity index (χ4v) is 1.20. The molecule has 1 amide bonds. The Morgan fingerprint density at radius 1 is 1.50 bits per heavy atom. The van der Waals surface area contributed by atoms with Crippen LogP contribution in [-0.2, 0) is 4.79 Å². The molecule has 0 aliphatic heterocycles. The van der Waals surface area contributed by atoms with Gasteiger partial charge in [0, 0.05) is 12.6 Å². The predicted octanol–water partition coefficient (Wildman–Crippen LogP) is 0.215. The highest BCUT2D eigenvalue weighted by atomic mass is 16.1. The van der Waals surface area contributed by atoms with Crippen molar-refractivity contribution in [2.45, 2.75) is 39.2 Å². The van der Waals surface area contributed by atoms with Crippen LogP contribution < -0.4 is 16.4 Å². The molecule has 4 N–H and O–H groups in total. The van der Waals surface area contributed by atoms with Gasteiger partial charge >= 0.3 is 0 Å². The molecule has 0 aromatic carbocycles. The number of guanidine groups is 1. The third kappa shape index (κ3) is 6.27. The van der Waals surface area contributed by atoms with E-state index >= 15 is 0 Å². The Labute approximate surface area is 96.9 Å². The van der Waals surface area contributed by atoms with Crippen LogP contribution in [0.15, 0.2) is 4.99 Å². The van der Waals surface area contributed by atoms with E-state index in [9.17, 15) is 4.79 Å². The minimum absolute atomic E-state index is 0.0453. The molecule has 1 aliphatic rings. The number of carbonyl (C=O) groups is 1. The Kier molecular flexibility index (Phi) is 5.08. The molecule has 92 valence electrons. The largest absolute Gasteiger partial charge is 0.370 e. The normalized spacial score (nSPS) is 16.3. The van der Waals surface area contributed by atoms with Crippen molar-refractivity contribution in [1.82, 2.24) is 10.6 Å². The van der Waals surface area contributed by atoms with Gasteiger partial charge in [0.15, 0.2) is 5.96 Å². The van der Waals surface area contributed by atoms with E-state index in [2.05, 4.69) is 29.5 Å². The quantitative estimate of drug-likeness (QED) is 0.447. The monoisotopic (exact) mass is 226 g/mol. The van der Waals surface area contributed by atoms with Gasteiger partial charge in [0.2, 0.25) is 5.91 Å². The Morgan fingerprint density at radius 2 is 2.19 bits per heavy atom. The summed E-state index contributed by atoms with van der Waals surface area (Å²) in [6, 6.07) is 0.387. The van der Waals surface area contributed by atoms with Crippen LogP contribution in [0.5, 0.6) is 0 Å². The summed E-state index contributed by atoms with van der Waals surface area (Å²) in [5, 5.41) is 5.84. The first-order valence-corrected chi connectivity index (χ1v) is 5.91. The van der Waals surface area contributed by atoms with Crippen molar-refractivity contribution in [3.05, 3.63) is 0 Å². The molecule has 0 unspecified atom stereocenters. The first kappa shape index (κ1) is 12.8. The smallest absolute Gasteiger partial charge is 0.242 e. The van der Waals surface area contributed by atoms with E-state index in [1.807, 2.05) is 0 Å². The average molecular weight is 226 g/mol. The van der Waals surface area contributed by atoms with Crippen molar-refractivity contribution in [1.29, 1.82) is 0 Å². The van der Waals surface area contributed by atoms with Gasteiger partial charge in [-0.05, 0) is 25.2 Å². The number of carbonyl (C=O) groups excluding carboxylic acids is 1. The molecule has 0 bridgehead atoms. The summed E-state index contributed by atoms with van der Waals surface area (Å²) in [5.74, 6) is 0.946. The van der Waals surface area contributed by atoms with Gasteiger partial charge in [-0.3, -0.25) is 4.79 Å². The SMILES string of the molecule is CC(C)CCNC(N)=NCC(=O)NC1CC1. The number of hydrogen-bond donors (Lipinski definition) is 3. The zero-order valence-corrected chi connectivity index (χ0v) is 10.1. The van der Waals surface area contributed by atoms with Crippen LogP contribution in [0.4, 0.5) is 0 Å². The fraction of sp³-hybridized carbons (Fsp3) is 0.818. The molecule has 1 fully saturated rings. The van der Waals surface area contributed by atoms with Gasteiger partial charge in [0.25, 0.3) is 0 Å². The highest BCUT2D eigenvalue weighted by Crippen LogP contribution is 2.18. The lowest BCUT2D eigenvalue weighted by atomic mass is 10.1. The Balaban J connectivity index is 2.09. The number of nitrogens with one attached hydrogen (secondary N) is 2. The molecule has 0 saturated heterocycles. The van der Waals surface area contributed by atoms with Gasteiger partial charge in [0.1, 0.15) is 6.54 Å². The van der Waals surface area contributed by atoms with Crippen LogP contribution in [0, 0.1) is 5.92 Å². The molecule has 16 heavy (non-hydrogen) atoms. The number of nitrogens with zero attached hydrogens (tertiary/aromatic N) is 1. The maximum absolute atomic E-state index is 11.3. The van der Waals surface area contributed by atoms with Crippen molar-refractivity contribution >= 4 is 11.9 Å². The maximum Gasteiger partial charge on any atom is 0.242 e. The van der Waals surface area contributed by atoms with E-state index in [4.69, 9.17) is 5.73 Å². The third-order valence-corrected chi connectivity index (χ3v) is 2.36. The molecule has 0 atom stereocenters. The van der Waals surface area contributed by atoms with Crippen LogP contribution in [0.1, 0.15) is 33.1 Å². The minimum atomic E-state index is -0.0453. The predicted molar refractivity (Wildman–Crippen MR) is 65.1 cm³/mol. The van der Waals surface area contributed by atoms with Crippen molar-refractivity contribution < 1.29 is 4.79 Å². The van der Waals surface area contributed by atoms with E-state index in [0.717, 1.165) is 25.8 Å². The molecule has 5 heteroatoms. The van der Waals surface area contributed by atoms with Gasteiger partial charge in [-0.2, -0.15) is 0 Å². The molecule has 1 rings (SSSR count). The second-order valence-corrected chi connectivity index (χ2v) is 4.65.